The van der Waals surface area contributed by atoms with E-state index in [1.165, 1.54) is 17.8 Å². The Hall–Kier alpha value is -1.56. The minimum absolute atomic E-state index is 0.00883. The van der Waals surface area contributed by atoms with Gasteiger partial charge in [0.2, 0.25) is 5.91 Å². The minimum Gasteiger partial charge on any atom is -0.332 e. The van der Waals surface area contributed by atoms with Crippen LogP contribution in [0.4, 0.5) is 14.9 Å². The number of benzene rings is 1. The molecule has 2 rings (SSSR count). The highest BCUT2D eigenvalue weighted by Crippen LogP contribution is 2.18. The van der Waals surface area contributed by atoms with Crippen LogP contribution in [0.25, 0.3) is 0 Å². The summed E-state index contributed by atoms with van der Waals surface area (Å²) in [5.41, 5.74) is 1.06. The fourth-order valence-corrected chi connectivity index (χ4v) is 2.66. The summed E-state index contributed by atoms with van der Waals surface area (Å²) in [5.74, 6) is 0.0356. The molecule has 0 atom stereocenters. The van der Waals surface area contributed by atoms with Crippen LogP contribution in [-0.2, 0) is 4.79 Å². The maximum absolute atomic E-state index is 13.5. The van der Waals surface area contributed by atoms with Crippen LogP contribution >= 0.6 is 11.8 Å². The molecule has 0 spiro atoms. The van der Waals surface area contributed by atoms with Crippen LogP contribution in [-0.4, -0.2) is 34.9 Å². The summed E-state index contributed by atoms with van der Waals surface area (Å²) in [6.45, 7) is 2.88. The van der Waals surface area contributed by atoms with Gasteiger partial charge in [0.25, 0.3) is 5.24 Å². The number of aryl methyl sites for hydroxylation is 1. The van der Waals surface area contributed by atoms with Crippen molar-refractivity contribution in [2.45, 2.75) is 13.3 Å². The van der Waals surface area contributed by atoms with Gasteiger partial charge in [-0.15, -0.1) is 0 Å². The number of anilines is 1. The second-order valence-electron chi connectivity index (χ2n) is 4.38. The number of hydrogen-bond donors (Lipinski definition) is 1. The summed E-state index contributed by atoms with van der Waals surface area (Å²) in [6, 6.07) is 4.56. The molecule has 6 heteroatoms. The molecule has 1 aliphatic heterocycles. The van der Waals surface area contributed by atoms with Crippen molar-refractivity contribution in [2.75, 3.05) is 24.2 Å². The first-order chi connectivity index (χ1) is 9.06. The second-order valence-corrected chi connectivity index (χ2v) is 5.43. The average molecular weight is 282 g/mol. The first-order valence-electron chi connectivity index (χ1n) is 6.04. The van der Waals surface area contributed by atoms with Crippen molar-refractivity contribution in [3.05, 3.63) is 29.6 Å². The van der Waals surface area contributed by atoms with E-state index in [-0.39, 0.29) is 23.3 Å². The van der Waals surface area contributed by atoms with Crippen molar-refractivity contribution < 1.29 is 14.0 Å². The third kappa shape index (κ3) is 3.70. The lowest BCUT2D eigenvalue weighted by Gasteiger charge is -2.14. The molecule has 1 aromatic carbocycles. The van der Waals surface area contributed by atoms with Gasteiger partial charge < -0.3 is 10.2 Å². The van der Waals surface area contributed by atoms with Gasteiger partial charge >= 0.3 is 0 Å². The van der Waals surface area contributed by atoms with Crippen LogP contribution in [0, 0.1) is 12.7 Å². The Morgan fingerprint density at radius 1 is 1.53 bits per heavy atom. The maximum Gasteiger partial charge on any atom is 0.281 e. The zero-order valence-electron chi connectivity index (χ0n) is 10.6. The standard InChI is InChI=1S/C13H15FN2O2S/c1-9-2-3-10(14)11(8-9)15-12(17)4-5-16-6-7-19-13(16)18/h2-3,8H,4-7H2,1H3,(H,15,17). The highest BCUT2D eigenvalue weighted by atomic mass is 32.2. The highest BCUT2D eigenvalue weighted by molar-refractivity contribution is 8.13. The number of carbonyl (C=O) groups is 2. The molecule has 0 saturated carbocycles. The lowest BCUT2D eigenvalue weighted by molar-refractivity contribution is -0.116. The Morgan fingerprint density at radius 2 is 2.32 bits per heavy atom. The molecular formula is C13H15FN2O2S. The van der Waals surface area contributed by atoms with Gasteiger partial charge in [-0.1, -0.05) is 17.8 Å². The quantitative estimate of drug-likeness (QED) is 0.923. The van der Waals surface area contributed by atoms with Crippen LogP contribution in [0.1, 0.15) is 12.0 Å². The Bertz CT molecular complexity index is 507. The van der Waals surface area contributed by atoms with Gasteiger partial charge in [0, 0.05) is 25.3 Å². The van der Waals surface area contributed by atoms with E-state index < -0.39 is 5.82 Å². The Morgan fingerprint density at radius 3 is 3.00 bits per heavy atom. The monoisotopic (exact) mass is 282 g/mol. The number of thioether (sulfide) groups is 1. The molecule has 19 heavy (non-hydrogen) atoms. The minimum atomic E-state index is -0.452. The highest BCUT2D eigenvalue weighted by Gasteiger charge is 2.21. The molecule has 1 heterocycles. The van der Waals surface area contributed by atoms with Crippen LogP contribution in [0.15, 0.2) is 18.2 Å². The van der Waals surface area contributed by atoms with Gasteiger partial charge in [-0.2, -0.15) is 0 Å². The summed E-state index contributed by atoms with van der Waals surface area (Å²) in [7, 11) is 0. The maximum atomic E-state index is 13.5. The predicted octanol–water partition coefficient (Wildman–Crippen LogP) is 2.63. The molecule has 2 amide bonds. The normalized spacial score (nSPS) is 14.8. The van der Waals surface area contributed by atoms with E-state index in [0.29, 0.717) is 13.1 Å². The number of halogens is 1. The van der Waals surface area contributed by atoms with E-state index in [1.807, 2.05) is 6.92 Å². The van der Waals surface area contributed by atoms with Crippen LogP contribution in [0.5, 0.6) is 0 Å². The van der Waals surface area contributed by atoms with E-state index in [4.69, 9.17) is 0 Å². The number of hydrogen-bond acceptors (Lipinski definition) is 3. The number of nitrogens with zero attached hydrogens (tertiary/aromatic N) is 1. The average Bonchev–Trinajstić information content (AvgIpc) is 2.77. The number of carbonyl (C=O) groups excluding carboxylic acids is 2. The van der Waals surface area contributed by atoms with Crippen molar-refractivity contribution in [1.82, 2.24) is 4.90 Å². The summed E-state index contributed by atoms with van der Waals surface area (Å²) >= 11 is 1.26. The molecule has 1 saturated heterocycles. The largest absolute Gasteiger partial charge is 0.332 e. The topological polar surface area (TPSA) is 49.4 Å². The van der Waals surface area contributed by atoms with Gasteiger partial charge in [-0.05, 0) is 24.6 Å². The smallest absolute Gasteiger partial charge is 0.281 e. The number of amides is 2. The Kier molecular flexibility index (Phi) is 4.42. The zero-order chi connectivity index (χ0) is 13.8. The van der Waals surface area contributed by atoms with E-state index in [0.717, 1.165) is 11.3 Å². The van der Waals surface area contributed by atoms with Crippen molar-refractivity contribution in [1.29, 1.82) is 0 Å². The van der Waals surface area contributed by atoms with Gasteiger partial charge in [-0.25, -0.2) is 4.39 Å². The molecule has 1 fully saturated rings. The Labute approximate surface area is 115 Å². The molecule has 0 radical (unpaired) electrons. The summed E-state index contributed by atoms with van der Waals surface area (Å²) in [6.07, 6.45) is 0.180. The van der Waals surface area contributed by atoms with E-state index in [9.17, 15) is 14.0 Å². The fraction of sp³-hybridized carbons (Fsp3) is 0.385. The molecular weight excluding hydrogens is 267 g/mol. The van der Waals surface area contributed by atoms with Crippen molar-refractivity contribution in [3.8, 4) is 0 Å². The molecule has 0 aliphatic carbocycles. The lowest BCUT2D eigenvalue weighted by atomic mass is 10.2. The van der Waals surface area contributed by atoms with Gasteiger partial charge in [0.05, 0.1) is 5.69 Å². The van der Waals surface area contributed by atoms with Crippen molar-refractivity contribution in [3.63, 3.8) is 0 Å². The molecule has 0 aromatic heterocycles. The fourth-order valence-electron chi connectivity index (χ4n) is 1.81. The second kappa shape index (κ2) is 6.06. The molecule has 1 aromatic rings. The summed E-state index contributed by atoms with van der Waals surface area (Å²) in [4.78, 5) is 24.7. The molecule has 0 unspecified atom stereocenters. The van der Waals surface area contributed by atoms with Crippen LogP contribution in [0.2, 0.25) is 0 Å². The third-order valence-electron chi connectivity index (χ3n) is 2.85. The number of nitrogens with one attached hydrogen (secondary N) is 1. The molecule has 4 nitrogen and oxygen atoms in total. The van der Waals surface area contributed by atoms with E-state index >= 15 is 0 Å². The third-order valence-corrected chi connectivity index (χ3v) is 3.74. The summed E-state index contributed by atoms with van der Waals surface area (Å²) in [5, 5.41) is 2.54. The van der Waals surface area contributed by atoms with Crippen molar-refractivity contribution in [2.24, 2.45) is 0 Å². The lowest BCUT2D eigenvalue weighted by Crippen LogP contribution is -2.27. The first kappa shape index (κ1) is 13.9. The zero-order valence-corrected chi connectivity index (χ0v) is 11.4. The summed E-state index contributed by atoms with van der Waals surface area (Å²) < 4.78 is 13.5. The predicted molar refractivity (Wildman–Crippen MR) is 73.8 cm³/mol. The first-order valence-corrected chi connectivity index (χ1v) is 7.02. The molecule has 1 aliphatic rings. The van der Waals surface area contributed by atoms with Gasteiger partial charge in [0.1, 0.15) is 5.82 Å². The SMILES string of the molecule is Cc1ccc(F)c(NC(=O)CCN2CCSC2=O)c1. The van der Waals surface area contributed by atoms with Gasteiger partial charge in [-0.3, -0.25) is 9.59 Å². The van der Waals surface area contributed by atoms with Crippen LogP contribution in [0.3, 0.4) is 0 Å². The van der Waals surface area contributed by atoms with Gasteiger partial charge in [0.15, 0.2) is 0 Å². The van der Waals surface area contributed by atoms with E-state index in [1.54, 1.807) is 17.0 Å². The molecule has 1 N–H and O–H groups in total. The van der Waals surface area contributed by atoms with E-state index in [2.05, 4.69) is 5.32 Å². The molecule has 0 bridgehead atoms. The Balaban J connectivity index is 1.87. The number of rotatable bonds is 4. The molecule has 102 valence electrons. The van der Waals surface area contributed by atoms with Crippen molar-refractivity contribution >= 4 is 28.6 Å². The van der Waals surface area contributed by atoms with Crippen LogP contribution < -0.4 is 5.32 Å².